The van der Waals surface area contributed by atoms with Crippen molar-refractivity contribution in [2.24, 2.45) is 5.92 Å². The summed E-state index contributed by atoms with van der Waals surface area (Å²) in [5.74, 6) is 0.329. The van der Waals surface area contributed by atoms with Crippen LogP contribution in [0.2, 0.25) is 0 Å². The van der Waals surface area contributed by atoms with Gasteiger partial charge in [-0.2, -0.15) is 0 Å². The van der Waals surface area contributed by atoms with Gasteiger partial charge >= 0.3 is 6.36 Å². The van der Waals surface area contributed by atoms with E-state index in [1.165, 1.54) is 46.6 Å². The Morgan fingerprint density at radius 2 is 1.50 bits per heavy atom. The number of hydrogen-bond donors (Lipinski definition) is 2. The van der Waals surface area contributed by atoms with E-state index in [-0.39, 0.29) is 29.4 Å². The topological polar surface area (TPSA) is 95.5 Å². The summed E-state index contributed by atoms with van der Waals surface area (Å²) in [5, 5.41) is 13.6. The first-order valence-electron chi connectivity index (χ1n) is 12.0. The molecule has 3 aromatic rings. The van der Waals surface area contributed by atoms with Crippen molar-refractivity contribution in [3.05, 3.63) is 65.2 Å². The standard InChI is InChI=1S/C29H30F3NO7/c1-17(27(35)19-8-10-21(11-9-19)40-29(30,31)32)16-33-22-15-24(36-2)23(34)14-20(22)7-6-18-12-25(37-3)28(39-5)26(13-18)38-4/h6-15,17,33-34H,16H2,1-5H3/b7-6-. The van der Waals surface area contributed by atoms with Crippen LogP contribution in [0.5, 0.6) is 34.5 Å². The van der Waals surface area contributed by atoms with Crippen LogP contribution in [0.25, 0.3) is 12.2 Å². The molecule has 2 N–H and O–H groups in total. The smallest absolute Gasteiger partial charge is 0.504 e. The third-order valence-electron chi connectivity index (χ3n) is 5.91. The molecule has 0 aliphatic heterocycles. The van der Waals surface area contributed by atoms with E-state index in [0.717, 1.165) is 17.7 Å². The third-order valence-corrected chi connectivity index (χ3v) is 5.91. The van der Waals surface area contributed by atoms with Crippen LogP contribution in [0.3, 0.4) is 0 Å². The molecule has 0 bridgehead atoms. The summed E-state index contributed by atoms with van der Waals surface area (Å²) in [7, 11) is 5.96. The normalized spacial score (nSPS) is 12.1. The molecule has 11 heteroatoms. The fourth-order valence-electron chi connectivity index (χ4n) is 3.88. The van der Waals surface area contributed by atoms with E-state index in [2.05, 4.69) is 10.1 Å². The number of Topliss-reactive ketones (excluding diaryl/α,β-unsaturated/α-hetero) is 1. The van der Waals surface area contributed by atoms with Crippen LogP contribution < -0.4 is 29.0 Å². The van der Waals surface area contributed by atoms with E-state index in [1.54, 1.807) is 37.3 Å². The van der Waals surface area contributed by atoms with Gasteiger partial charge in [0.1, 0.15) is 5.75 Å². The maximum atomic E-state index is 12.9. The van der Waals surface area contributed by atoms with Crippen LogP contribution in [0.4, 0.5) is 18.9 Å². The Kier molecular flexibility index (Phi) is 9.76. The second-order valence-corrected chi connectivity index (χ2v) is 8.62. The molecule has 0 aromatic heterocycles. The van der Waals surface area contributed by atoms with Crippen molar-refractivity contribution in [2.75, 3.05) is 40.3 Å². The number of halogens is 3. The minimum atomic E-state index is -4.81. The summed E-state index contributed by atoms with van der Waals surface area (Å²) in [5.41, 5.74) is 2.15. The molecule has 214 valence electrons. The quantitative estimate of drug-likeness (QED) is 0.149. The maximum absolute atomic E-state index is 12.9. The zero-order valence-corrected chi connectivity index (χ0v) is 22.6. The zero-order valence-electron chi connectivity index (χ0n) is 22.6. The second kappa shape index (κ2) is 13.0. The molecular formula is C29H30F3NO7. The van der Waals surface area contributed by atoms with Crippen LogP contribution in [0.1, 0.15) is 28.4 Å². The lowest BCUT2D eigenvalue weighted by Gasteiger charge is -2.17. The number of benzene rings is 3. The molecule has 1 atom stereocenters. The molecule has 0 spiro atoms. The number of phenols is 1. The highest BCUT2D eigenvalue weighted by Gasteiger charge is 2.31. The lowest BCUT2D eigenvalue weighted by Crippen LogP contribution is -2.21. The van der Waals surface area contributed by atoms with Crippen molar-refractivity contribution in [2.45, 2.75) is 13.3 Å². The molecule has 0 aliphatic carbocycles. The number of carbonyl (C=O) groups excluding carboxylic acids is 1. The first-order valence-corrected chi connectivity index (χ1v) is 12.0. The number of aromatic hydroxyl groups is 1. The van der Waals surface area contributed by atoms with Crippen molar-refractivity contribution >= 4 is 23.6 Å². The van der Waals surface area contributed by atoms with Gasteiger partial charge in [-0.1, -0.05) is 19.1 Å². The van der Waals surface area contributed by atoms with Crippen molar-refractivity contribution in [3.63, 3.8) is 0 Å². The molecule has 0 aliphatic rings. The van der Waals surface area contributed by atoms with Crippen LogP contribution in [-0.2, 0) is 0 Å². The fraction of sp³-hybridized carbons (Fsp3) is 0.276. The number of hydrogen-bond acceptors (Lipinski definition) is 8. The molecule has 0 amide bonds. The first kappa shape index (κ1) is 30.0. The molecule has 0 radical (unpaired) electrons. The maximum Gasteiger partial charge on any atom is 0.573 e. The van der Waals surface area contributed by atoms with Gasteiger partial charge in [0.2, 0.25) is 5.75 Å². The van der Waals surface area contributed by atoms with Gasteiger partial charge in [-0.3, -0.25) is 4.79 Å². The molecule has 0 saturated heterocycles. The lowest BCUT2D eigenvalue weighted by molar-refractivity contribution is -0.274. The largest absolute Gasteiger partial charge is 0.573 e. The third kappa shape index (κ3) is 7.52. The minimum Gasteiger partial charge on any atom is -0.504 e. The number of ether oxygens (including phenoxy) is 5. The Bertz CT molecular complexity index is 1330. The summed E-state index contributed by atoms with van der Waals surface area (Å²) in [6.07, 6.45) is -1.27. The molecule has 40 heavy (non-hydrogen) atoms. The van der Waals surface area contributed by atoms with Crippen LogP contribution in [-0.4, -0.2) is 52.2 Å². The number of ketones is 1. The van der Waals surface area contributed by atoms with E-state index in [1.807, 2.05) is 0 Å². The van der Waals surface area contributed by atoms with Gasteiger partial charge < -0.3 is 34.1 Å². The SMILES string of the molecule is COc1cc(NCC(C)C(=O)c2ccc(OC(F)(F)F)cc2)c(/C=C\c2cc(OC)c(OC)c(OC)c2)cc1O. The number of carbonyl (C=O) groups is 1. The van der Waals surface area contributed by atoms with Gasteiger partial charge in [-0.05, 0) is 48.0 Å². The van der Waals surface area contributed by atoms with Gasteiger partial charge in [0.15, 0.2) is 28.8 Å². The molecule has 0 fully saturated rings. The Morgan fingerprint density at radius 3 is 2.02 bits per heavy atom. The van der Waals surface area contributed by atoms with E-state index < -0.39 is 18.0 Å². The molecule has 3 aromatic carbocycles. The highest BCUT2D eigenvalue weighted by atomic mass is 19.4. The summed E-state index contributed by atoms with van der Waals surface area (Å²) in [6.45, 7) is 1.89. The average molecular weight is 562 g/mol. The summed E-state index contributed by atoms with van der Waals surface area (Å²) >= 11 is 0. The highest BCUT2D eigenvalue weighted by Crippen LogP contribution is 2.39. The van der Waals surface area contributed by atoms with Gasteiger partial charge in [0.25, 0.3) is 0 Å². The number of alkyl halides is 3. The van der Waals surface area contributed by atoms with Gasteiger partial charge in [-0.25, -0.2) is 0 Å². The highest BCUT2D eigenvalue weighted by molar-refractivity contribution is 5.98. The van der Waals surface area contributed by atoms with Crippen molar-refractivity contribution in [1.29, 1.82) is 0 Å². The second-order valence-electron chi connectivity index (χ2n) is 8.62. The predicted octanol–water partition coefficient (Wildman–Crippen LogP) is 6.43. The average Bonchev–Trinajstić information content (AvgIpc) is 2.93. The van der Waals surface area contributed by atoms with Crippen molar-refractivity contribution < 1.29 is 46.8 Å². The lowest BCUT2D eigenvalue weighted by atomic mass is 9.99. The van der Waals surface area contributed by atoms with Crippen LogP contribution in [0, 0.1) is 5.92 Å². The van der Waals surface area contributed by atoms with Crippen molar-refractivity contribution in [1.82, 2.24) is 0 Å². The summed E-state index contributed by atoms with van der Waals surface area (Å²) < 4.78 is 62.5. The Balaban J connectivity index is 1.81. The van der Waals surface area contributed by atoms with E-state index in [4.69, 9.17) is 18.9 Å². The van der Waals surface area contributed by atoms with Gasteiger partial charge in [-0.15, -0.1) is 13.2 Å². The Morgan fingerprint density at radius 1 is 0.900 bits per heavy atom. The predicted molar refractivity (Wildman–Crippen MR) is 145 cm³/mol. The van der Waals surface area contributed by atoms with E-state index in [9.17, 15) is 23.1 Å². The monoisotopic (exact) mass is 561 g/mol. The number of anilines is 1. The summed E-state index contributed by atoms with van der Waals surface area (Å²) in [6, 6.07) is 11.4. The molecule has 1 unspecified atom stereocenters. The Hall–Kier alpha value is -4.54. The van der Waals surface area contributed by atoms with Crippen LogP contribution in [0.15, 0.2) is 48.5 Å². The van der Waals surface area contributed by atoms with Crippen LogP contribution >= 0.6 is 0 Å². The molecule has 0 heterocycles. The number of nitrogens with one attached hydrogen (secondary N) is 1. The van der Waals surface area contributed by atoms with Gasteiger partial charge in [0.05, 0.1) is 28.4 Å². The van der Waals surface area contributed by atoms with Crippen molar-refractivity contribution in [3.8, 4) is 34.5 Å². The first-order chi connectivity index (χ1) is 19.0. The van der Waals surface area contributed by atoms with Gasteiger partial charge in [0, 0.05) is 35.3 Å². The molecule has 8 nitrogen and oxygen atoms in total. The number of rotatable bonds is 12. The number of phenolic OH excluding ortho intramolecular Hbond substituents is 1. The van der Waals surface area contributed by atoms with E-state index in [0.29, 0.717) is 28.5 Å². The summed E-state index contributed by atoms with van der Waals surface area (Å²) in [4.78, 5) is 12.9. The minimum absolute atomic E-state index is 0.0807. The molecular weight excluding hydrogens is 531 g/mol. The molecule has 0 saturated carbocycles. The fourth-order valence-corrected chi connectivity index (χ4v) is 3.88. The Labute approximate surface area is 229 Å². The number of methoxy groups -OCH3 is 4. The van der Waals surface area contributed by atoms with E-state index >= 15 is 0 Å². The zero-order chi connectivity index (χ0) is 29.4. The molecule has 3 rings (SSSR count).